The number of unbranched alkanes of at least 4 members (excludes halogenated alkanes) is 2. The molecule has 0 aromatic heterocycles. The summed E-state index contributed by atoms with van der Waals surface area (Å²) in [6, 6.07) is 5.15. The van der Waals surface area contributed by atoms with Gasteiger partial charge in [-0.1, -0.05) is 19.8 Å². The van der Waals surface area contributed by atoms with Crippen LogP contribution in [-0.4, -0.2) is 23.3 Å². The van der Waals surface area contributed by atoms with Crippen molar-refractivity contribution in [2.75, 3.05) is 6.54 Å². The molecule has 0 aliphatic heterocycles. The first kappa shape index (κ1) is 16.6. The molecule has 0 fully saturated rings. The van der Waals surface area contributed by atoms with E-state index in [1.165, 1.54) is 24.3 Å². The summed E-state index contributed by atoms with van der Waals surface area (Å²) in [6.45, 7) is 1.82. The van der Waals surface area contributed by atoms with Gasteiger partial charge in [0, 0.05) is 18.6 Å². The molecule has 0 radical (unpaired) electrons. The molecule has 0 aliphatic rings. The van der Waals surface area contributed by atoms with Gasteiger partial charge in [-0.2, -0.15) is 0 Å². The third kappa shape index (κ3) is 6.51. The quantitative estimate of drug-likeness (QED) is 0.260. The molecule has 0 unspecified atom stereocenters. The second kappa shape index (κ2) is 8.68. The Hall–Kier alpha value is -2.44. The van der Waals surface area contributed by atoms with E-state index < -0.39 is 10.9 Å². The normalized spacial score (nSPS) is 9.95. The first-order valence-corrected chi connectivity index (χ1v) is 6.74. The van der Waals surface area contributed by atoms with E-state index in [9.17, 15) is 19.7 Å². The Morgan fingerprint density at radius 3 is 2.48 bits per heavy atom. The summed E-state index contributed by atoms with van der Waals surface area (Å²) in [5, 5.41) is 12.9. The summed E-state index contributed by atoms with van der Waals surface area (Å²) in [7, 11) is 0. The molecular weight excluding hydrogens is 276 g/mol. The minimum atomic E-state index is -0.618. The third-order valence-corrected chi connectivity index (χ3v) is 2.72. The molecule has 1 amide bonds. The maximum atomic E-state index is 11.5. The molecule has 1 aromatic rings. The van der Waals surface area contributed by atoms with Crippen molar-refractivity contribution >= 4 is 17.6 Å². The number of hydrogen-bond acceptors (Lipinski definition) is 5. The van der Waals surface area contributed by atoms with Crippen LogP contribution in [0, 0.1) is 10.1 Å². The van der Waals surface area contributed by atoms with Crippen molar-refractivity contribution in [3.63, 3.8) is 0 Å². The van der Waals surface area contributed by atoms with Gasteiger partial charge in [-0.15, -0.1) is 0 Å². The van der Waals surface area contributed by atoms with Gasteiger partial charge < -0.3 is 10.1 Å². The fourth-order valence-electron chi connectivity index (χ4n) is 1.60. The zero-order chi connectivity index (χ0) is 15.7. The predicted molar refractivity (Wildman–Crippen MR) is 75.9 cm³/mol. The molecule has 0 saturated heterocycles. The average Bonchev–Trinajstić information content (AvgIpc) is 2.46. The van der Waals surface area contributed by atoms with Crippen molar-refractivity contribution in [1.82, 2.24) is 5.32 Å². The number of hydrogen-bond donors (Lipinski definition) is 1. The van der Waals surface area contributed by atoms with E-state index in [1.54, 1.807) is 0 Å². The summed E-state index contributed by atoms with van der Waals surface area (Å²) in [4.78, 5) is 32.8. The minimum Gasteiger partial charge on any atom is -0.425 e. The molecule has 1 aromatic carbocycles. The van der Waals surface area contributed by atoms with Crippen molar-refractivity contribution in [3.8, 4) is 5.75 Å². The SMILES string of the molecule is CCCCCC(=O)NCC(=O)Oc1ccc([N+](=O)[O-])cc1. The monoisotopic (exact) mass is 294 g/mol. The Morgan fingerprint density at radius 1 is 1.24 bits per heavy atom. The van der Waals surface area contributed by atoms with E-state index in [2.05, 4.69) is 5.32 Å². The number of ether oxygens (including phenoxy) is 1. The molecule has 0 saturated carbocycles. The molecule has 7 heteroatoms. The van der Waals surface area contributed by atoms with Gasteiger partial charge in [0.15, 0.2) is 0 Å². The lowest BCUT2D eigenvalue weighted by Crippen LogP contribution is -2.31. The number of non-ortho nitro benzene ring substituents is 1. The molecule has 0 heterocycles. The second-order valence-electron chi connectivity index (χ2n) is 4.46. The number of carbonyl (C=O) groups is 2. The zero-order valence-corrected chi connectivity index (χ0v) is 11.8. The van der Waals surface area contributed by atoms with Crippen molar-refractivity contribution in [2.45, 2.75) is 32.6 Å². The Morgan fingerprint density at radius 2 is 1.90 bits per heavy atom. The first-order chi connectivity index (χ1) is 10.0. The van der Waals surface area contributed by atoms with Crippen LogP contribution in [0.15, 0.2) is 24.3 Å². The summed E-state index contributed by atoms with van der Waals surface area (Å²) in [6.07, 6.45) is 3.18. The number of esters is 1. The van der Waals surface area contributed by atoms with Gasteiger partial charge in [-0.25, -0.2) is 4.79 Å². The molecular formula is C14H18N2O5. The Kier molecular flexibility index (Phi) is 6.86. The molecule has 21 heavy (non-hydrogen) atoms. The number of nitro groups is 1. The smallest absolute Gasteiger partial charge is 0.330 e. The van der Waals surface area contributed by atoms with E-state index in [1.807, 2.05) is 6.92 Å². The second-order valence-corrected chi connectivity index (χ2v) is 4.46. The summed E-state index contributed by atoms with van der Waals surface area (Å²) < 4.78 is 4.95. The summed E-state index contributed by atoms with van der Waals surface area (Å²) in [5.41, 5.74) is -0.0842. The standard InChI is InChI=1S/C14H18N2O5/c1-2-3-4-5-13(17)15-10-14(18)21-12-8-6-11(7-9-12)16(19)20/h6-9H,2-5,10H2,1H3,(H,15,17). The van der Waals surface area contributed by atoms with E-state index in [0.29, 0.717) is 6.42 Å². The first-order valence-electron chi connectivity index (χ1n) is 6.74. The van der Waals surface area contributed by atoms with Gasteiger partial charge in [0.1, 0.15) is 12.3 Å². The maximum absolute atomic E-state index is 11.5. The fourth-order valence-corrected chi connectivity index (χ4v) is 1.60. The fraction of sp³-hybridized carbons (Fsp3) is 0.429. The topological polar surface area (TPSA) is 98.5 Å². The van der Waals surface area contributed by atoms with Crippen LogP contribution in [0.3, 0.4) is 0 Å². The van der Waals surface area contributed by atoms with E-state index in [4.69, 9.17) is 4.74 Å². The highest BCUT2D eigenvalue weighted by molar-refractivity contribution is 5.82. The van der Waals surface area contributed by atoms with Crippen LogP contribution in [0.4, 0.5) is 5.69 Å². The van der Waals surface area contributed by atoms with Crippen LogP contribution in [-0.2, 0) is 9.59 Å². The lowest BCUT2D eigenvalue weighted by atomic mass is 10.2. The van der Waals surface area contributed by atoms with Crippen LogP contribution >= 0.6 is 0 Å². The summed E-state index contributed by atoms with van der Waals surface area (Å²) in [5.74, 6) is -0.609. The van der Waals surface area contributed by atoms with E-state index >= 15 is 0 Å². The van der Waals surface area contributed by atoms with E-state index in [0.717, 1.165) is 19.3 Å². The van der Waals surface area contributed by atoms with Crippen LogP contribution in [0.2, 0.25) is 0 Å². The number of amides is 1. The number of benzene rings is 1. The predicted octanol–water partition coefficient (Wildman–Crippen LogP) is 2.20. The highest BCUT2D eigenvalue weighted by Gasteiger charge is 2.09. The van der Waals surface area contributed by atoms with Gasteiger partial charge in [-0.3, -0.25) is 14.9 Å². The Labute approximate surface area is 122 Å². The highest BCUT2D eigenvalue weighted by Crippen LogP contribution is 2.17. The van der Waals surface area contributed by atoms with Gasteiger partial charge in [-0.05, 0) is 18.6 Å². The summed E-state index contributed by atoms with van der Waals surface area (Å²) >= 11 is 0. The van der Waals surface area contributed by atoms with Crippen LogP contribution in [0.25, 0.3) is 0 Å². The molecule has 0 atom stereocenters. The number of carbonyl (C=O) groups excluding carboxylic acids is 2. The van der Waals surface area contributed by atoms with Crippen LogP contribution in [0.1, 0.15) is 32.6 Å². The van der Waals surface area contributed by atoms with Gasteiger partial charge >= 0.3 is 5.97 Å². The minimum absolute atomic E-state index is 0.0842. The van der Waals surface area contributed by atoms with Crippen molar-refractivity contribution in [3.05, 3.63) is 34.4 Å². The van der Waals surface area contributed by atoms with Crippen LogP contribution < -0.4 is 10.1 Å². The Bertz CT molecular complexity index is 499. The molecule has 114 valence electrons. The lowest BCUT2D eigenvalue weighted by Gasteiger charge is -2.06. The van der Waals surface area contributed by atoms with Crippen molar-refractivity contribution in [1.29, 1.82) is 0 Å². The molecule has 7 nitrogen and oxygen atoms in total. The molecule has 0 spiro atoms. The van der Waals surface area contributed by atoms with Crippen molar-refractivity contribution < 1.29 is 19.2 Å². The zero-order valence-electron chi connectivity index (χ0n) is 11.8. The number of nitrogens with zero attached hydrogens (tertiary/aromatic N) is 1. The number of rotatable bonds is 8. The molecule has 1 N–H and O–H groups in total. The van der Waals surface area contributed by atoms with Gasteiger partial charge in [0.2, 0.25) is 5.91 Å². The van der Waals surface area contributed by atoms with Gasteiger partial charge in [0.25, 0.3) is 5.69 Å². The third-order valence-electron chi connectivity index (χ3n) is 2.72. The molecule has 0 bridgehead atoms. The Balaban J connectivity index is 2.33. The highest BCUT2D eigenvalue weighted by atomic mass is 16.6. The number of nitrogens with one attached hydrogen (secondary N) is 1. The average molecular weight is 294 g/mol. The number of nitro benzene ring substituents is 1. The van der Waals surface area contributed by atoms with E-state index in [-0.39, 0.29) is 23.9 Å². The maximum Gasteiger partial charge on any atom is 0.330 e. The lowest BCUT2D eigenvalue weighted by molar-refractivity contribution is -0.384. The van der Waals surface area contributed by atoms with Crippen molar-refractivity contribution in [2.24, 2.45) is 0 Å². The largest absolute Gasteiger partial charge is 0.425 e. The van der Waals surface area contributed by atoms with Crippen LogP contribution in [0.5, 0.6) is 5.75 Å². The molecule has 0 aliphatic carbocycles. The van der Waals surface area contributed by atoms with Gasteiger partial charge in [0.05, 0.1) is 4.92 Å². The molecule has 1 rings (SSSR count).